The normalized spacial score (nSPS) is 21.2. The van der Waals surface area contributed by atoms with E-state index in [2.05, 4.69) is 153 Å². The van der Waals surface area contributed by atoms with Crippen LogP contribution in [0.2, 0.25) is 26.2 Å². The Morgan fingerprint density at radius 3 is 1.26 bits per heavy atom. The minimum atomic E-state index is -2.14. The molecule has 3 unspecified atom stereocenters. The van der Waals surface area contributed by atoms with E-state index in [4.69, 9.17) is 0 Å². The molecule has 1 heterocycles. The molecule has 4 aromatic rings. The fourth-order valence-electron chi connectivity index (χ4n) is 8.39. The minimum absolute atomic E-state index is 0.00461. The van der Waals surface area contributed by atoms with Gasteiger partial charge in [-0.25, -0.2) is 0 Å². The van der Waals surface area contributed by atoms with E-state index in [0.717, 1.165) is 22.0 Å². The predicted octanol–water partition coefficient (Wildman–Crippen LogP) is 10.6. The van der Waals surface area contributed by atoms with Gasteiger partial charge in [-0.3, -0.25) is 0 Å². The average Bonchev–Trinajstić information content (AvgIpc) is 3.39. The summed E-state index contributed by atoms with van der Waals surface area (Å²) < 4.78 is 0. The van der Waals surface area contributed by atoms with Crippen LogP contribution in [0.25, 0.3) is 0 Å². The molecule has 1 aliphatic heterocycles. The van der Waals surface area contributed by atoms with Crippen LogP contribution >= 0.6 is 15.9 Å². The third-order valence-electron chi connectivity index (χ3n) is 12.2. The predicted molar refractivity (Wildman–Crippen MR) is 238 cm³/mol. The summed E-state index contributed by atoms with van der Waals surface area (Å²) in [5.41, 5.74) is 5.13. The van der Waals surface area contributed by atoms with Crippen molar-refractivity contribution in [2.45, 2.75) is 139 Å². The fourth-order valence-corrected chi connectivity index (χ4v) is 34.4. The van der Waals surface area contributed by atoms with E-state index in [1.807, 2.05) is 0 Å². The Balaban J connectivity index is 1.48. The van der Waals surface area contributed by atoms with E-state index >= 15 is 0 Å². The third kappa shape index (κ3) is 8.84. The molecule has 0 amide bonds. The standard InChI is InChI=1S/C46H64O2S2Si2.Ti/c1-45(2,3)35-27-33(43(47)41(29-35)51(7,8)37-21-15-13-16-22-37)31-49-39-25-19-11-12-20-26-40(39)50-32-34-28-36(46(4,5)6)30-42(44(34)48)52(9,10)38-23-17-14-18-24-38;/h13-18,21-24,27-30,39-40,47-48H,11-12,19-20,25-26,31-32H2,1-10H3;/t39-,40?;/m0./s1. The van der Waals surface area contributed by atoms with Gasteiger partial charge in [-0.15, -0.1) is 0 Å². The maximum absolute atomic E-state index is 12.3. The number of fused-ring (bicyclic) bond motifs is 1. The van der Waals surface area contributed by atoms with E-state index in [0.29, 0.717) is 27.4 Å². The molecule has 53 heavy (non-hydrogen) atoms. The molecule has 2 N–H and O–H groups in total. The Morgan fingerprint density at radius 2 is 0.925 bits per heavy atom. The molecule has 284 valence electrons. The first-order valence-electron chi connectivity index (χ1n) is 19.9. The number of hydrogen-bond acceptors (Lipinski definition) is 2. The molecule has 2 nitrogen and oxygen atoms in total. The molecule has 0 spiro atoms. The van der Waals surface area contributed by atoms with Crippen molar-refractivity contribution in [1.82, 2.24) is 0 Å². The van der Waals surface area contributed by atoms with Crippen molar-refractivity contribution in [3.05, 3.63) is 107 Å². The van der Waals surface area contributed by atoms with Crippen LogP contribution in [0, 0.1) is 0 Å². The van der Waals surface area contributed by atoms with Gasteiger partial charge in [0, 0.05) is 0 Å². The molecule has 6 rings (SSSR count). The van der Waals surface area contributed by atoms with Crippen LogP contribution in [0.3, 0.4) is 0 Å². The Labute approximate surface area is 333 Å². The maximum atomic E-state index is 12.3. The molecule has 4 aromatic carbocycles. The summed E-state index contributed by atoms with van der Waals surface area (Å²) in [5, 5.41) is 31.3. The van der Waals surface area contributed by atoms with Crippen molar-refractivity contribution in [3.8, 4) is 11.5 Å². The average molecular weight is 817 g/mol. The second-order valence-electron chi connectivity index (χ2n) is 18.8. The quantitative estimate of drug-likeness (QED) is 0.174. The number of rotatable bonds is 8. The Bertz CT molecular complexity index is 1880. The van der Waals surface area contributed by atoms with Crippen LogP contribution in [0.4, 0.5) is 0 Å². The molecule has 0 radical (unpaired) electrons. The summed E-state index contributed by atoms with van der Waals surface area (Å²) in [6, 6.07) is 31.4. The van der Waals surface area contributed by atoms with E-state index in [1.165, 1.54) is 81.5 Å². The van der Waals surface area contributed by atoms with Gasteiger partial charge in [-0.2, -0.15) is 0 Å². The zero-order valence-corrected chi connectivity index (χ0v) is 39.3. The Hall–Kier alpha value is -1.67. The number of aromatic hydroxyl groups is 2. The van der Waals surface area contributed by atoms with Gasteiger partial charge in [0.25, 0.3) is 0 Å². The number of phenols is 2. The summed E-state index contributed by atoms with van der Waals surface area (Å²) in [6.45, 7) is 23.6. The molecule has 7 heteroatoms. The van der Waals surface area contributed by atoms with Gasteiger partial charge in [0.05, 0.1) is 0 Å². The van der Waals surface area contributed by atoms with Gasteiger partial charge in [0.1, 0.15) is 0 Å². The van der Waals surface area contributed by atoms with E-state index < -0.39 is 16.1 Å². The molecule has 4 atom stereocenters. The number of phenolic OH excluding ortho intramolecular Hbond substituents is 2. The van der Waals surface area contributed by atoms with Crippen LogP contribution in [-0.2, 0) is 37.8 Å². The van der Waals surface area contributed by atoms with E-state index in [9.17, 15) is 10.2 Å². The molecule has 0 saturated heterocycles. The van der Waals surface area contributed by atoms with Gasteiger partial charge in [0.2, 0.25) is 0 Å². The zero-order chi connectivity index (χ0) is 38.3. The van der Waals surface area contributed by atoms with Gasteiger partial charge in [0.15, 0.2) is 0 Å². The third-order valence-corrected chi connectivity index (χ3v) is 35.1. The first-order valence-corrected chi connectivity index (χ1v) is 32.6. The van der Waals surface area contributed by atoms with E-state index in [-0.39, 0.29) is 26.3 Å². The van der Waals surface area contributed by atoms with Crippen molar-refractivity contribution in [3.63, 3.8) is 0 Å². The SMILES string of the molecule is CC(C)(C)c1cc(C[S]2=[Ti]=[S](Cc3cc(C(C)(C)C)cc([Si](C)(C)c4ccccc4)c3O)[C@H]3CCCCCCC32)c(O)c([Si](C)(C)c2ccccc2)c1. The van der Waals surface area contributed by atoms with Gasteiger partial charge < -0.3 is 0 Å². The molecule has 0 aromatic heterocycles. The van der Waals surface area contributed by atoms with Crippen molar-refractivity contribution < 1.29 is 25.7 Å². The van der Waals surface area contributed by atoms with Crippen molar-refractivity contribution in [1.29, 1.82) is 0 Å². The topological polar surface area (TPSA) is 40.5 Å². The van der Waals surface area contributed by atoms with Crippen molar-refractivity contribution in [2.24, 2.45) is 0 Å². The summed E-state index contributed by atoms with van der Waals surface area (Å²) in [5.74, 6) is 3.22. The molecule has 2 aliphatic rings. The van der Waals surface area contributed by atoms with Crippen LogP contribution in [0.15, 0.2) is 84.9 Å². The van der Waals surface area contributed by atoms with Crippen LogP contribution < -0.4 is 20.7 Å². The van der Waals surface area contributed by atoms with Gasteiger partial charge in [-0.1, -0.05) is 0 Å². The number of benzene rings is 4. The summed E-state index contributed by atoms with van der Waals surface area (Å²) in [6.07, 6.45) is 8.07. The van der Waals surface area contributed by atoms with Gasteiger partial charge in [-0.05, 0) is 0 Å². The van der Waals surface area contributed by atoms with Crippen LogP contribution in [0.5, 0.6) is 11.5 Å². The molecule has 1 fully saturated rings. The molecule has 1 saturated carbocycles. The first kappa shape index (κ1) is 41.0. The Kier molecular flexibility index (Phi) is 12.4. The van der Waals surface area contributed by atoms with Crippen LogP contribution in [-0.4, -0.2) is 36.9 Å². The second kappa shape index (κ2) is 16.1. The molecule has 0 bridgehead atoms. The molecule has 1 aliphatic carbocycles. The van der Waals surface area contributed by atoms with Gasteiger partial charge >= 0.3 is 336 Å². The molecular formula is C46H64O2S2Si2Ti. The number of hydrogen-bond donors (Lipinski definition) is 2. The summed E-state index contributed by atoms with van der Waals surface area (Å²) >= 11 is -0.317. The summed E-state index contributed by atoms with van der Waals surface area (Å²) in [4.78, 5) is 0. The van der Waals surface area contributed by atoms with E-state index in [1.54, 1.807) is 0 Å². The fraction of sp³-hybridized carbons (Fsp3) is 0.478. The van der Waals surface area contributed by atoms with Crippen LogP contribution in [0.1, 0.15) is 102 Å². The Morgan fingerprint density at radius 1 is 0.566 bits per heavy atom. The van der Waals surface area contributed by atoms with Crippen molar-refractivity contribution >= 4 is 52.8 Å². The zero-order valence-electron chi connectivity index (χ0n) is 34.1. The second-order valence-corrected chi connectivity index (χ2v) is 39.0. The first-order chi connectivity index (χ1) is 24.9. The van der Waals surface area contributed by atoms with Crippen molar-refractivity contribution in [2.75, 3.05) is 0 Å². The molecular weight excluding hydrogens is 753 g/mol. The monoisotopic (exact) mass is 816 g/mol. The summed E-state index contributed by atoms with van der Waals surface area (Å²) in [7, 11) is -3.69.